The van der Waals surface area contributed by atoms with Crippen molar-refractivity contribution in [3.05, 3.63) is 59.4 Å². The zero-order valence-electron chi connectivity index (χ0n) is 16.5. The molecule has 1 aromatic heterocycles. The van der Waals surface area contributed by atoms with E-state index in [4.69, 9.17) is 13.9 Å². The lowest BCUT2D eigenvalue weighted by atomic mass is 10.1. The fraction of sp³-hybridized carbons (Fsp3) is 0.286. The Morgan fingerprint density at radius 2 is 1.75 bits per heavy atom. The maximum absolute atomic E-state index is 5.94. The molecule has 0 aliphatic heterocycles. The fourth-order valence-corrected chi connectivity index (χ4v) is 3.05. The van der Waals surface area contributed by atoms with Crippen LogP contribution in [0.3, 0.4) is 0 Å². The van der Waals surface area contributed by atoms with Gasteiger partial charge in [-0.3, -0.25) is 4.99 Å². The molecule has 6 nitrogen and oxygen atoms in total. The summed E-state index contributed by atoms with van der Waals surface area (Å²) in [4.78, 5) is 4.28. The lowest BCUT2D eigenvalue weighted by Gasteiger charge is -2.15. The molecule has 2 aromatic carbocycles. The third kappa shape index (κ3) is 4.70. The van der Waals surface area contributed by atoms with E-state index >= 15 is 0 Å². The molecule has 0 aliphatic rings. The highest BCUT2D eigenvalue weighted by atomic mass is 127. The number of nitrogens with zero attached hydrogens (tertiary/aromatic N) is 1. The lowest BCUT2D eigenvalue weighted by Crippen LogP contribution is -2.36. The van der Waals surface area contributed by atoms with Gasteiger partial charge < -0.3 is 24.5 Å². The van der Waals surface area contributed by atoms with Crippen molar-refractivity contribution < 1.29 is 13.9 Å². The molecule has 1 heterocycles. The van der Waals surface area contributed by atoms with Gasteiger partial charge in [-0.15, -0.1) is 24.0 Å². The van der Waals surface area contributed by atoms with Crippen molar-refractivity contribution in [2.24, 2.45) is 4.99 Å². The molecule has 3 rings (SSSR count). The Hall–Kier alpha value is -2.42. The average Bonchev–Trinajstić information content (AvgIpc) is 3.03. The number of rotatable bonds is 6. The van der Waals surface area contributed by atoms with Gasteiger partial charge in [0.05, 0.1) is 20.8 Å². The number of halogens is 1. The van der Waals surface area contributed by atoms with E-state index < -0.39 is 0 Å². The number of ether oxygens (including phenoxy) is 2. The first-order valence-corrected chi connectivity index (χ1v) is 8.79. The molecule has 3 aromatic rings. The largest absolute Gasteiger partial charge is 0.493 e. The smallest absolute Gasteiger partial charge is 0.191 e. The Kier molecular flexibility index (Phi) is 7.98. The zero-order chi connectivity index (χ0) is 19.2. The Morgan fingerprint density at radius 1 is 1.00 bits per heavy atom. The number of furan rings is 1. The maximum Gasteiger partial charge on any atom is 0.191 e. The van der Waals surface area contributed by atoms with E-state index in [0.717, 1.165) is 33.6 Å². The summed E-state index contributed by atoms with van der Waals surface area (Å²) in [6.45, 7) is 3.18. The average molecular weight is 495 g/mol. The summed E-state index contributed by atoms with van der Waals surface area (Å²) in [7, 11) is 5.01. The number of aliphatic imine (C=N–C) groups is 1. The SMILES string of the molecule is CN=C(NCc1cccc(OC)c1OC)NCc1oc2ccccc2c1C.I. The molecule has 150 valence electrons. The van der Waals surface area contributed by atoms with Crippen LogP contribution in [0.4, 0.5) is 0 Å². The molecule has 0 aliphatic carbocycles. The van der Waals surface area contributed by atoms with E-state index in [1.807, 2.05) is 36.4 Å². The van der Waals surface area contributed by atoms with Gasteiger partial charge >= 0.3 is 0 Å². The van der Waals surface area contributed by atoms with E-state index in [1.54, 1.807) is 21.3 Å². The van der Waals surface area contributed by atoms with Crippen molar-refractivity contribution in [3.8, 4) is 11.5 Å². The molecular weight excluding hydrogens is 469 g/mol. The van der Waals surface area contributed by atoms with Crippen LogP contribution in [-0.4, -0.2) is 27.2 Å². The number of fused-ring (bicyclic) bond motifs is 1. The first-order chi connectivity index (χ1) is 13.2. The molecule has 0 saturated heterocycles. The predicted molar refractivity (Wildman–Crippen MR) is 123 cm³/mol. The summed E-state index contributed by atoms with van der Waals surface area (Å²) < 4.78 is 16.8. The molecule has 7 heteroatoms. The maximum atomic E-state index is 5.94. The standard InChI is InChI=1S/C21H25N3O3.HI/c1-14-16-9-5-6-10-17(16)27-19(14)13-24-21(22-2)23-12-15-8-7-11-18(25-3)20(15)26-4;/h5-11H,12-13H2,1-4H3,(H2,22,23,24);1H. The highest BCUT2D eigenvalue weighted by Gasteiger charge is 2.12. The van der Waals surface area contributed by atoms with Crippen molar-refractivity contribution in [1.29, 1.82) is 0 Å². The number of aryl methyl sites for hydroxylation is 1. The zero-order valence-corrected chi connectivity index (χ0v) is 18.9. The summed E-state index contributed by atoms with van der Waals surface area (Å²) in [5.74, 6) is 3.01. The number of methoxy groups -OCH3 is 2. The van der Waals surface area contributed by atoms with Gasteiger partial charge in [0, 0.05) is 30.1 Å². The van der Waals surface area contributed by atoms with Gasteiger partial charge in [-0.2, -0.15) is 0 Å². The van der Waals surface area contributed by atoms with Crippen LogP contribution < -0.4 is 20.1 Å². The molecule has 0 spiro atoms. The first kappa shape index (κ1) is 21.9. The van der Waals surface area contributed by atoms with Crippen LogP contribution in [0.25, 0.3) is 11.0 Å². The Bertz CT molecular complexity index is 953. The monoisotopic (exact) mass is 495 g/mol. The number of guanidine groups is 1. The van der Waals surface area contributed by atoms with E-state index in [1.165, 1.54) is 0 Å². The molecule has 0 bridgehead atoms. The van der Waals surface area contributed by atoms with Crippen LogP contribution in [0, 0.1) is 6.92 Å². The second-order valence-electron chi connectivity index (χ2n) is 6.08. The normalized spacial score (nSPS) is 11.1. The minimum absolute atomic E-state index is 0. The number of hydrogen-bond acceptors (Lipinski definition) is 4. The van der Waals surface area contributed by atoms with Crippen LogP contribution in [0.1, 0.15) is 16.9 Å². The van der Waals surface area contributed by atoms with Crippen LogP contribution in [0.15, 0.2) is 51.9 Å². The van der Waals surface area contributed by atoms with Gasteiger partial charge in [-0.25, -0.2) is 0 Å². The van der Waals surface area contributed by atoms with Gasteiger partial charge in [0.1, 0.15) is 11.3 Å². The van der Waals surface area contributed by atoms with Gasteiger partial charge in [0.2, 0.25) is 0 Å². The summed E-state index contributed by atoms with van der Waals surface area (Å²) in [5, 5.41) is 7.73. The first-order valence-electron chi connectivity index (χ1n) is 8.79. The molecule has 0 amide bonds. The highest BCUT2D eigenvalue weighted by molar-refractivity contribution is 14.0. The third-order valence-electron chi connectivity index (χ3n) is 4.51. The van der Waals surface area contributed by atoms with Crippen molar-refractivity contribution in [2.75, 3.05) is 21.3 Å². The molecule has 0 fully saturated rings. The summed E-state index contributed by atoms with van der Waals surface area (Å²) in [6, 6.07) is 13.8. The van der Waals surface area contributed by atoms with Crippen molar-refractivity contribution >= 4 is 40.9 Å². The van der Waals surface area contributed by atoms with Gasteiger partial charge in [0.25, 0.3) is 0 Å². The Balaban J connectivity index is 0.00000280. The number of hydrogen-bond donors (Lipinski definition) is 2. The quantitative estimate of drug-likeness (QED) is 0.304. The predicted octanol–water partition coefficient (Wildman–Crippen LogP) is 4.24. The molecule has 0 atom stereocenters. The summed E-state index contributed by atoms with van der Waals surface area (Å²) >= 11 is 0. The topological polar surface area (TPSA) is 68.0 Å². The van der Waals surface area contributed by atoms with Crippen molar-refractivity contribution in [3.63, 3.8) is 0 Å². The van der Waals surface area contributed by atoms with Crippen LogP contribution in [0.5, 0.6) is 11.5 Å². The summed E-state index contributed by atoms with van der Waals surface area (Å²) in [5.41, 5.74) is 3.03. The lowest BCUT2D eigenvalue weighted by molar-refractivity contribution is 0.351. The van der Waals surface area contributed by atoms with E-state index in [-0.39, 0.29) is 24.0 Å². The van der Waals surface area contributed by atoms with Crippen molar-refractivity contribution in [1.82, 2.24) is 10.6 Å². The second-order valence-corrected chi connectivity index (χ2v) is 6.08. The third-order valence-corrected chi connectivity index (χ3v) is 4.51. The highest BCUT2D eigenvalue weighted by Crippen LogP contribution is 2.30. The molecule has 2 N–H and O–H groups in total. The number of para-hydroxylation sites is 2. The van der Waals surface area contributed by atoms with E-state index in [0.29, 0.717) is 24.8 Å². The van der Waals surface area contributed by atoms with Crippen LogP contribution in [-0.2, 0) is 13.1 Å². The number of benzene rings is 2. The molecule has 0 radical (unpaired) electrons. The molecule has 0 saturated carbocycles. The molecule has 28 heavy (non-hydrogen) atoms. The van der Waals surface area contributed by atoms with Gasteiger partial charge in [0.15, 0.2) is 17.5 Å². The Morgan fingerprint density at radius 3 is 2.43 bits per heavy atom. The molecular formula is C21H26IN3O3. The van der Waals surface area contributed by atoms with E-state index in [9.17, 15) is 0 Å². The fourth-order valence-electron chi connectivity index (χ4n) is 3.05. The Labute approximate surface area is 182 Å². The molecule has 0 unspecified atom stereocenters. The van der Waals surface area contributed by atoms with Gasteiger partial charge in [-0.1, -0.05) is 30.3 Å². The van der Waals surface area contributed by atoms with Crippen molar-refractivity contribution in [2.45, 2.75) is 20.0 Å². The van der Waals surface area contributed by atoms with Crippen LogP contribution in [0.2, 0.25) is 0 Å². The number of nitrogens with one attached hydrogen (secondary N) is 2. The minimum atomic E-state index is 0. The summed E-state index contributed by atoms with van der Waals surface area (Å²) in [6.07, 6.45) is 0. The van der Waals surface area contributed by atoms with Crippen LogP contribution >= 0.6 is 24.0 Å². The van der Waals surface area contributed by atoms with E-state index in [2.05, 4.69) is 28.6 Å². The second kappa shape index (κ2) is 10.2. The van der Waals surface area contributed by atoms with Gasteiger partial charge in [-0.05, 0) is 19.1 Å². The minimum Gasteiger partial charge on any atom is -0.493 e.